The molecule has 2 aromatic rings. The highest BCUT2D eigenvalue weighted by Gasteiger charge is 2.21. The quantitative estimate of drug-likeness (QED) is 0.555. The van der Waals surface area contributed by atoms with Gasteiger partial charge in [0.2, 0.25) is 5.91 Å². The van der Waals surface area contributed by atoms with E-state index in [0.29, 0.717) is 24.9 Å². The third kappa shape index (κ3) is 6.17. The first-order chi connectivity index (χ1) is 14.5. The number of aryl methyl sites for hydroxylation is 1. The number of nitrogens with one attached hydrogen (secondary N) is 2. The molecule has 30 heavy (non-hydrogen) atoms. The Morgan fingerprint density at radius 3 is 2.43 bits per heavy atom. The van der Waals surface area contributed by atoms with Crippen molar-refractivity contribution >= 4 is 24.0 Å². The van der Waals surface area contributed by atoms with Crippen LogP contribution in [0.5, 0.6) is 0 Å². The number of hydrogen-bond acceptors (Lipinski definition) is 3. The summed E-state index contributed by atoms with van der Waals surface area (Å²) in [6, 6.07) is 15.5. The van der Waals surface area contributed by atoms with Crippen molar-refractivity contribution in [1.82, 2.24) is 5.32 Å². The first-order valence-electron chi connectivity index (χ1n) is 10.5. The summed E-state index contributed by atoms with van der Waals surface area (Å²) in [7, 11) is 0. The van der Waals surface area contributed by atoms with Gasteiger partial charge in [0, 0.05) is 23.9 Å². The van der Waals surface area contributed by atoms with Crippen LogP contribution in [0, 0.1) is 5.92 Å². The van der Waals surface area contributed by atoms with Gasteiger partial charge in [0.15, 0.2) is 0 Å². The molecule has 0 bridgehead atoms. The molecule has 1 aliphatic carbocycles. The summed E-state index contributed by atoms with van der Waals surface area (Å²) in [5, 5.41) is 14.7. The highest BCUT2D eigenvalue weighted by molar-refractivity contribution is 5.90. The fraction of sp³-hybridized carbons (Fsp3) is 0.375. The van der Waals surface area contributed by atoms with Crippen molar-refractivity contribution in [2.24, 2.45) is 5.92 Å². The van der Waals surface area contributed by atoms with E-state index >= 15 is 0 Å². The average molecular weight is 408 g/mol. The Morgan fingerprint density at radius 2 is 1.77 bits per heavy atom. The van der Waals surface area contributed by atoms with Crippen LogP contribution in [0.4, 0.5) is 10.5 Å². The lowest BCUT2D eigenvalue weighted by Gasteiger charge is -2.26. The van der Waals surface area contributed by atoms with Gasteiger partial charge in [-0.3, -0.25) is 10.1 Å². The van der Waals surface area contributed by atoms with E-state index in [-0.39, 0.29) is 17.9 Å². The minimum atomic E-state index is -1.10. The fourth-order valence-electron chi connectivity index (χ4n) is 3.99. The van der Waals surface area contributed by atoms with Gasteiger partial charge in [0.05, 0.1) is 5.69 Å². The lowest BCUT2D eigenvalue weighted by atomic mass is 9.87. The molecule has 0 atom stereocenters. The summed E-state index contributed by atoms with van der Waals surface area (Å²) in [6.45, 7) is 0. The van der Waals surface area contributed by atoms with Crippen molar-refractivity contribution in [3.63, 3.8) is 0 Å². The van der Waals surface area contributed by atoms with Crippen molar-refractivity contribution in [1.29, 1.82) is 0 Å². The number of carboxylic acid groups (broad SMARTS) is 1. The zero-order valence-electron chi connectivity index (χ0n) is 17.0. The number of rotatable bonds is 8. The van der Waals surface area contributed by atoms with Crippen molar-refractivity contribution in [3.05, 3.63) is 54.1 Å². The first kappa shape index (κ1) is 21.6. The molecule has 1 aliphatic rings. The summed E-state index contributed by atoms with van der Waals surface area (Å²) >= 11 is 0. The molecule has 2 aromatic carbocycles. The van der Waals surface area contributed by atoms with Crippen molar-refractivity contribution < 1.29 is 19.5 Å². The molecule has 158 valence electrons. The molecule has 6 heteroatoms. The number of aldehydes is 1. The topological polar surface area (TPSA) is 95.5 Å². The minimum absolute atomic E-state index is 0.0364. The van der Waals surface area contributed by atoms with E-state index < -0.39 is 6.09 Å². The van der Waals surface area contributed by atoms with Gasteiger partial charge in [-0.1, -0.05) is 42.5 Å². The molecular weight excluding hydrogens is 380 g/mol. The molecule has 0 aromatic heterocycles. The molecule has 3 N–H and O–H groups in total. The molecular formula is C24H28N2O4. The van der Waals surface area contributed by atoms with Crippen molar-refractivity contribution in [2.45, 2.75) is 51.0 Å². The normalized spacial score (nSPS) is 18.4. The van der Waals surface area contributed by atoms with Crippen LogP contribution in [0.2, 0.25) is 0 Å². The lowest BCUT2D eigenvalue weighted by molar-refractivity contribution is -0.122. The number of carbonyl (C=O) groups is 3. The maximum atomic E-state index is 12.2. The molecule has 6 nitrogen and oxygen atoms in total. The van der Waals surface area contributed by atoms with E-state index in [4.69, 9.17) is 0 Å². The molecule has 0 saturated heterocycles. The highest BCUT2D eigenvalue weighted by atomic mass is 16.4. The van der Waals surface area contributed by atoms with E-state index in [9.17, 15) is 19.5 Å². The standard InChI is InChI=1S/C24H28N2O4/c27-16-18-9-12-20(13-10-18)25-23(28)8-4-5-17-11-14-21(19-6-2-1-3-7-19)22(15-17)26-24(29)30/h1-3,6-7,11,14-16,18,20,26H,4-5,8-10,12-13H2,(H,25,28)(H,29,30). The summed E-state index contributed by atoms with van der Waals surface area (Å²) in [5.41, 5.74) is 3.29. The predicted octanol–water partition coefficient (Wildman–Crippen LogP) is 4.64. The van der Waals surface area contributed by atoms with Gasteiger partial charge in [0.25, 0.3) is 0 Å². The molecule has 0 radical (unpaired) electrons. The smallest absolute Gasteiger partial charge is 0.409 e. The van der Waals surface area contributed by atoms with Crippen LogP contribution in [0.25, 0.3) is 11.1 Å². The van der Waals surface area contributed by atoms with E-state index in [1.165, 1.54) is 0 Å². The predicted molar refractivity (Wildman–Crippen MR) is 116 cm³/mol. The second-order valence-corrected chi connectivity index (χ2v) is 7.84. The van der Waals surface area contributed by atoms with Crippen LogP contribution in [-0.2, 0) is 16.0 Å². The molecule has 0 spiro atoms. The largest absolute Gasteiger partial charge is 0.465 e. The highest BCUT2D eigenvalue weighted by Crippen LogP contribution is 2.29. The van der Waals surface area contributed by atoms with Gasteiger partial charge >= 0.3 is 6.09 Å². The first-order valence-corrected chi connectivity index (χ1v) is 10.5. The number of hydrogen-bond donors (Lipinski definition) is 3. The summed E-state index contributed by atoms with van der Waals surface area (Å²) in [5.74, 6) is 0.181. The molecule has 2 amide bonds. The maximum Gasteiger partial charge on any atom is 0.409 e. The van der Waals surface area contributed by atoms with Gasteiger partial charge in [-0.15, -0.1) is 0 Å². The Balaban J connectivity index is 1.54. The number of benzene rings is 2. The van der Waals surface area contributed by atoms with E-state index in [1.807, 2.05) is 48.5 Å². The third-order valence-corrected chi connectivity index (χ3v) is 5.61. The monoisotopic (exact) mass is 408 g/mol. The van der Waals surface area contributed by atoms with E-state index in [0.717, 1.165) is 48.7 Å². The van der Waals surface area contributed by atoms with Gasteiger partial charge < -0.3 is 15.2 Å². The molecule has 3 rings (SSSR count). The van der Waals surface area contributed by atoms with Crippen molar-refractivity contribution in [2.75, 3.05) is 5.32 Å². The second kappa shape index (κ2) is 10.6. The molecule has 1 saturated carbocycles. The maximum absolute atomic E-state index is 12.2. The fourth-order valence-corrected chi connectivity index (χ4v) is 3.99. The SMILES string of the molecule is O=CC1CCC(NC(=O)CCCc2ccc(-c3ccccc3)c(NC(=O)O)c2)CC1. The van der Waals surface area contributed by atoms with Crippen LogP contribution in [0.3, 0.4) is 0 Å². The Bertz CT molecular complexity index is 874. The number of amides is 2. The van der Waals surface area contributed by atoms with E-state index in [2.05, 4.69) is 10.6 Å². The molecule has 0 heterocycles. The molecule has 0 unspecified atom stereocenters. The summed E-state index contributed by atoms with van der Waals surface area (Å²) in [6.07, 6.45) is 5.14. The van der Waals surface area contributed by atoms with E-state index in [1.54, 1.807) is 0 Å². The van der Waals surface area contributed by atoms with Gasteiger partial charge in [-0.2, -0.15) is 0 Å². The van der Waals surface area contributed by atoms with Gasteiger partial charge in [0.1, 0.15) is 6.29 Å². The molecule has 0 aliphatic heterocycles. The molecule has 1 fully saturated rings. The van der Waals surface area contributed by atoms with Crippen LogP contribution in [-0.4, -0.2) is 29.4 Å². The number of anilines is 1. The van der Waals surface area contributed by atoms with Crippen molar-refractivity contribution in [3.8, 4) is 11.1 Å². The Labute approximate surface area is 176 Å². The minimum Gasteiger partial charge on any atom is -0.465 e. The van der Waals surface area contributed by atoms with Gasteiger partial charge in [-0.25, -0.2) is 4.79 Å². The Kier molecular flexibility index (Phi) is 7.60. The zero-order chi connectivity index (χ0) is 21.3. The Morgan fingerprint density at radius 1 is 1.03 bits per heavy atom. The average Bonchev–Trinajstić information content (AvgIpc) is 2.75. The lowest BCUT2D eigenvalue weighted by Crippen LogP contribution is -2.37. The summed E-state index contributed by atoms with van der Waals surface area (Å²) < 4.78 is 0. The summed E-state index contributed by atoms with van der Waals surface area (Å²) in [4.78, 5) is 34.3. The zero-order valence-corrected chi connectivity index (χ0v) is 17.0. The van der Waals surface area contributed by atoms with Crippen LogP contribution < -0.4 is 10.6 Å². The number of carbonyl (C=O) groups excluding carboxylic acids is 2. The van der Waals surface area contributed by atoms with Crippen LogP contribution >= 0.6 is 0 Å². The van der Waals surface area contributed by atoms with Crippen LogP contribution in [0.1, 0.15) is 44.1 Å². The third-order valence-electron chi connectivity index (χ3n) is 5.61. The second-order valence-electron chi connectivity index (χ2n) is 7.84. The Hall–Kier alpha value is -3.15. The van der Waals surface area contributed by atoms with Crippen LogP contribution in [0.15, 0.2) is 48.5 Å². The van der Waals surface area contributed by atoms with Gasteiger partial charge in [-0.05, 0) is 55.7 Å².